The molecule has 6 heteroatoms. The highest BCUT2D eigenvalue weighted by Gasteiger charge is 2.16. The van der Waals surface area contributed by atoms with Crippen LogP contribution in [-0.4, -0.2) is 33.4 Å². The molecular formula is C14H16FN3O2. The summed E-state index contributed by atoms with van der Waals surface area (Å²) in [4.78, 5) is 12.0. The third-order valence-electron chi connectivity index (χ3n) is 2.98. The quantitative estimate of drug-likeness (QED) is 0.888. The average Bonchev–Trinajstić information content (AvgIpc) is 2.81. The van der Waals surface area contributed by atoms with Crippen molar-refractivity contribution in [2.45, 2.75) is 19.9 Å². The van der Waals surface area contributed by atoms with E-state index in [1.54, 1.807) is 30.7 Å². The van der Waals surface area contributed by atoms with E-state index in [-0.39, 0.29) is 24.4 Å². The van der Waals surface area contributed by atoms with Crippen molar-refractivity contribution >= 4 is 5.91 Å². The second kappa shape index (κ2) is 5.83. The lowest BCUT2D eigenvalue weighted by Gasteiger charge is -2.10. The van der Waals surface area contributed by atoms with Gasteiger partial charge in [-0.05, 0) is 38.1 Å². The van der Waals surface area contributed by atoms with Gasteiger partial charge in [0, 0.05) is 6.04 Å². The number of aliphatic hydroxyl groups excluding tert-OH is 1. The molecule has 0 saturated heterocycles. The highest BCUT2D eigenvalue weighted by Crippen LogP contribution is 2.14. The predicted octanol–water partition coefficient (Wildman–Crippen LogP) is 1.43. The first-order valence-corrected chi connectivity index (χ1v) is 6.25. The molecule has 0 fully saturated rings. The normalized spacial score (nSPS) is 12.2. The Labute approximate surface area is 116 Å². The topological polar surface area (TPSA) is 67.2 Å². The number of benzene rings is 1. The Kier molecular flexibility index (Phi) is 4.14. The summed E-state index contributed by atoms with van der Waals surface area (Å²) >= 11 is 0. The summed E-state index contributed by atoms with van der Waals surface area (Å²) in [5.74, 6) is -0.620. The van der Waals surface area contributed by atoms with E-state index in [2.05, 4.69) is 10.4 Å². The number of carbonyl (C=O) groups excluding carboxylic acids is 1. The Morgan fingerprint density at radius 2 is 2.10 bits per heavy atom. The summed E-state index contributed by atoms with van der Waals surface area (Å²) in [5.41, 5.74) is 1.76. The number of rotatable bonds is 4. The summed E-state index contributed by atoms with van der Waals surface area (Å²) in [6.07, 6.45) is 1.46. The molecule has 2 aromatic rings. The molecule has 0 aliphatic carbocycles. The molecule has 1 aromatic heterocycles. The van der Waals surface area contributed by atoms with Gasteiger partial charge in [-0.15, -0.1) is 0 Å². The van der Waals surface area contributed by atoms with Gasteiger partial charge in [0.1, 0.15) is 5.82 Å². The fourth-order valence-corrected chi connectivity index (χ4v) is 1.82. The first-order chi connectivity index (χ1) is 9.52. The molecule has 2 rings (SSSR count). The smallest absolute Gasteiger partial charge is 0.255 e. The van der Waals surface area contributed by atoms with Gasteiger partial charge in [0.2, 0.25) is 0 Å². The average molecular weight is 277 g/mol. The van der Waals surface area contributed by atoms with Gasteiger partial charge < -0.3 is 10.4 Å². The Bertz CT molecular complexity index is 607. The molecule has 106 valence electrons. The van der Waals surface area contributed by atoms with Crippen molar-refractivity contribution < 1.29 is 14.3 Å². The van der Waals surface area contributed by atoms with E-state index in [9.17, 15) is 9.18 Å². The van der Waals surface area contributed by atoms with Crippen LogP contribution in [0.3, 0.4) is 0 Å². The van der Waals surface area contributed by atoms with Crippen molar-refractivity contribution in [1.82, 2.24) is 15.1 Å². The van der Waals surface area contributed by atoms with Crippen LogP contribution >= 0.6 is 0 Å². The number of aromatic nitrogens is 2. The highest BCUT2D eigenvalue weighted by atomic mass is 19.1. The minimum atomic E-state index is -0.326. The predicted molar refractivity (Wildman–Crippen MR) is 72.3 cm³/mol. The van der Waals surface area contributed by atoms with E-state index >= 15 is 0 Å². The maximum atomic E-state index is 12.9. The van der Waals surface area contributed by atoms with E-state index < -0.39 is 0 Å². The second-order valence-electron chi connectivity index (χ2n) is 4.59. The van der Waals surface area contributed by atoms with Crippen molar-refractivity contribution in [2.24, 2.45) is 0 Å². The molecular weight excluding hydrogens is 261 g/mol. The number of nitrogens with one attached hydrogen (secondary N) is 1. The van der Waals surface area contributed by atoms with Crippen molar-refractivity contribution in [3.63, 3.8) is 0 Å². The maximum Gasteiger partial charge on any atom is 0.255 e. The van der Waals surface area contributed by atoms with E-state index in [1.807, 2.05) is 0 Å². The van der Waals surface area contributed by atoms with Crippen molar-refractivity contribution in [3.8, 4) is 5.69 Å². The number of amides is 1. The molecule has 1 atom stereocenters. The number of nitrogens with zero attached hydrogens (tertiary/aromatic N) is 2. The van der Waals surface area contributed by atoms with Crippen LogP contribution in [0.1, 0.15) is 23.0 Å². The molecule has 2 N–H and O–H groups in total. The lowest BCUT2D eigenvalue weighted by molar-refractivity contribution is 0.0921. The number of hydrogen-bond acceptors (Lipinski definition) is 3. The second-order valence-corrected chi connectivity index (χ2v) is 4.59. The van der Waals surface area contributed by atoms with E-state index in [0.29, 0.717) is 16.9 Å². The Morgan fingerprint density at radius 3 is 2.70 bits per heavy atom. The SMILES string of the molecule is Cc1c(C(=O)NC(C)CO)cnn1-c1ccc(F)cc1. The molecule has 0 radical (unpaired) electrons. The Balaban J connectivity index is 2.27. The summed E-state index contributed by atoms with van der Waals surface area (Å²) in [6, 6.07) is 5.53. The molecule has 0 aliphatic heterocycles. The number of aliphatic hydroxyl groups is 1. The van der Waals surface area contributed by atoms with E-state index in [4.69, 9.17) is 5.11 Å². The molecule has 0 bridgehead atoms. The third kappa shape index (κ3) is 2.85. The Morgan fingerprint density at radius 1 is 1.45 bits per heavy atom. The standard InChI is InChI=1S/C14H16FN3O2/c1-9(8-19)17-14(20)13-7-16-18(10(13)2)12-5-3-11(15)4-6-12/h3-7,9,19H,8H2,1-2H3,(H,17,20). The zero-order valence-corrected chi connectivity index (χ0v) is 11.3. The summed E-state index contributed by atoms with van der Waals surface area (Å²) in [5, 5.41) is 15.7. The van der Waals surface area contributed by atoms with E-state index in [1.165, 1.54) is 18.3 Å². The van der Waals surface area contributed by atoms with Crippen LogP contribution in [0.5, 0.6) is 0 Å². The fourth-order valence-electron chi connectivity index (χ4n) is 1.82. The lowest BCUT2D eigenvalue weighted by atomic mass is 10.2. The minimum absolute atomic E-state index is 0.128. The largest absolute Gasteiger partial charge is 0.394 e. The van der Waals surface area contributed by atoms with Crippen LogP contribution in [0.25, 0.3) is 5.69 Å². The molecule has 1 unspecified atom stereocenters. The molecule has 0 saturated carbocycles. The Hall–Kier alpha value is -2.21. The van der Waals surface area contributed by atoms with Crippen LogP contribution in [0.4, 0.5) is 4.39 Å². The zero-order chi connectivity index (χ0) is 14.7. The molecule has 0 spiro atoms. The van der Waals surface area contributed by atoms with Gasteiger partial charge in [-0.3, -0.25) is 4.79 Å². The molecule has 1 heterocycles. The first kappa shape index (κ1) is 14.2. The van der Waals surface area contributed by atoms with Gasteiger partial charge in [-0.25, -0.2) is 9.07 Å². The summed E-state index contributed by atoms with van der Waals surface area (Å²) < 4.78 is 14.5. The zero-order valence-electron chi connectivity index (χ0n) is 11.3. The fraction of sp³-hybridized carbons (Fsp3) is 0.286. The minimum Gasteiger partial charge on any atom is -0.394 e. The number of halogens is 1. The van der Waals surface area contributed by atoms with Crippen LogP contribution in [0.2, 0.25) is 0 Å². The monoisotopic (exact) mass is 277 g/mol. The van der Waals surface area contributed by atoms with Gasteiger partial charge in [0.15, 0.2) is 0 Å². The van der Waals surface area contributed by atoms with Gasteiger partial charge >= 0.3 is 0 Å². The van der Waals surface area contributed by atoms with Crippen molar-refractivity contribution in [1.29, 1.82) is 0 Å². The highest BCUT2D eigenvalue weighted by molar-refractivity contribution is 5.95. The lowest BCUT2D eigenvalue weighted by Crippen LogP contribution is -2.35. The molecule has 1 amide bonds. The van der Waals surface area contributed by atoms with Gasteiger partial charge in [-0.2, -0.15) is 5.10 Å². The van der Waals surface area contributed by atoms with Gasteiger partial charge in [0.05, 0.1) is 29.7 Å². The molecule has 20 heavy (non-hydrogen) atoms. The molecule has 5 nitrogen and oxygen atoms in total. The number of hydrogen-bond donors (Lipinski definition) is 2. The van der Waals surface area contributed by atoms with Crippen molar-refractivity contribution in [2.75, 3.05) is 6.61 Å². The summed E-state index contributed by atoms with van der Waals surface area (Å²) in [6.45, 7) is 3.34. The number of carbonyl (C=O) groups is 1. The molecule has 0 aliphatic rings. The van der Waals surface area contributed by atoms with Gasteiger partial charge in [-0.1, -0.05) is 0 Å². The van der Waals surface area contributed by atoms with Crippen LogP contribution in [0.15, 0.2) is 30.5 Å². The summed E-state index contributed by atoms with van der Waals surface area (Å²) in [7, 11) is 0. The molecule has 1 aromatic carbocycles. The van der Waals surface area contributed by atoms with Gasteiger partial charge in [0.25, 0.3) is 5.91 Å². The van der Waals surface area contributed by atoms with Crippen LogP contribution in [0, 0.1) is 12.7 Å². The van der Waals surface area contributed by atoms with E-state index in [0.717, 1.165) is 0 Å². The third-order valence-corrected chi connectivity index (χ3v) is 2.98. The van der Waals surface area contributed by atoms with Crippen LogP contribution < -0.4 is 5.32 Å². The maximum absolute atomic E-state index is 12.9. The van der Waals surface area contributed by atoms with Crippen LogP contribution in [-0.2, 0) is 0 Å². The van der Waals surface area contributed by atoms with Crippen molar-refractivity contribution in [3.05, 3.63) is 47.5 Å². The first-order valence-electron chi connectivity index (χ1n) is 6.25.